The molecule has 1 amide bonds. The number of hydrogen-bond donors (Lipinski definition) is 1. The van der Waals surface area contributed by atoms with E-state index in [-0.39, 0.29) is 18.7 Å². The van der Waals surface area contributed by atoms with Crippen LogP contribution in [0.2, 0.25) is 0 Å². The summed E-state index contributed by atoms with van der Waals surface area (Å²) < 4.78 is 5.44. The third-order valence-electron chi connectivity index (χ3n) is 4.95. The summed E-state index contributed by atoms with van der Waals surface area (Å²) in [5, 5.41) is 14.8. The molecule has 1 aliphatic heterocycles. The highest BCUT2D eigenvalue weighted by Gasteiger charge is 2.35. The molecular formula is C22H20N4O4. The number of hydrazone groups is 1. The molecule has 0 spiro atoms. The first-order valence-corrected chi connectivity index (χ1v) is 9.53. The van der Waals surface area contributed by atoms with Crippen LogP contribution in [0.5, 0.6) is 5.75 Å². The number of benzene rings is 2. The molecule has 0 unspecified atom stereocenters. The summed E-state index contributed by atoms with van der Waals surface area (Å²) in [7, 11) is 1.58. The highest BCUT2D eigenvalue weighted by atomic mass is 16.5. The molecule has 152 valence electrons. The summed E-state index contributed by atoms with van der Waals surface area (Å²) >= 11 is 0. The van der Waals surface area contributed by atoms with Crippen molar-refractivity contribution in [3.05, 3.63) is 66.0 Å². The van der Waals surface area contributed by atoms with Gasteiger partial charge in [0, 0.05) is 18.4 Å². The first kappa shape index (κ1) is 19.5. The number of carbonyl (C=O) groups is 2. The number of amides is 1. The number of carboxylic acid groups (broad SMARTS) is 1. The summed E-state index contributed by atoms with van der Waals surface area (Å²) in [5.74, 6) is -0.750. The first-order valence-electron chi connectivity index (χ1n) is 9.53. The highest BCUT2D eigenvalue weighted by molar-refractivity contribution is 6.05. The van der Waals surface area contributed by atoms with Gasteiger partial charge in [-0.2, -0.15) is 5.10 Å². The zero-order valence-electron chi connectivity index (χ0n) is 16.4. The lowest BCUT2D eigenvalue weighted by molar-refractivity contribution is -0.141. The van der Waals surface area contributed by atoms with Crippen molar-refractivity contribution in [2.24, 2.45) is 5.10 Å². The minimum Gasteiger partial charge on any atom is -0.496 e. The fourth-order valence-corrected chi connectivity index (χ4v) is 3.48. The van der Waals surface area contributed by atoms with E-state index >= 15 is 0 Å². The Morgan fingerprint density at radius 3 is 2.60 bits per heavy atom. The molecule has 1 atom stereocenters. The van der Waals surface area contributed by atoms with Gasteiger partial charge >= 0.3 is 5.97 Å². The van der Waals surface area contributed by atoms with Crippen molar-refractivity contribution in [3.63, 3.8) is 0 Å². The van der Waals surface area contributed by atoms with Crippen LogP contribution >= 0.6 is 0 Å². The number of para-hydroxylation sites is 3. The lowest BCUT2D eigenvalue weighted by atomic mass is 10.0. The van der Waals surface area contributed by atoms with Gasteiger partial charge < -0.3 is 9.84 Å². The second-order valence-corrected chi connectivity index (χ2v) is 6.88. The van der Waals surface area contributed by atoms with E-state index in [1.165, 1.54) is 5.01 Å². The molecule has 1 aromatic heterocycles. The van der Waals surface area contributed by atoms with Crippen LogP contribution in [0.25, 0.3) is 11.0 Å². The van der Waals surface area contributed by atoms with Crippen LogP contribution < -0.4 is 4.74 Å². The van der Waals surface area contributed by atoms with E-state index in [1.807, 2.05) is 48.5 Å². The predicted molar refractivity (Wildman–Crippen MR) is 110 cm³/mol. The Morgan fingerprint density at radius 1 is 1.10 bits per heavy atom. The Balaban J connectivity index is 1.72. The van der Waals surface area contributed by atoms with Crippen molar-refractivity contribution in [2.75, 3.05) is 7.11 Å². The molecule has 2 aromatic carbocycles. The van der Waals surface area contributed by atoms with Crippen LogP contribution in [-0.4, -0.2) is 44.8 Å². The van der Waals surface area contributed by atoms with Crippen molar-refractivity contribution in [1.82, 2.24) is 15.0 Å². The number of aromatic nitrogens is 2. The summed E-state index contributed by atoms with van der Waals surface area (Å²) in [6.45, 7) is 0. The summed E-state index contributed by atoms with van der Waals surface area (Å²) in [6.07, 6.45) is 1.66. The fraction of sp³-hybridized carbons (Fsp3) is 0.227. The van der Waals surface area contributed by atoms with Gasteiger partial charge in [0.1, 0.15) is 11.8 Å². The monoisotopic (exact) mass is 404 g/mol. The van der Waals surface area contributed by atoms with Gasteiger partial charge in [-0.25, -0.2) is 9.99 Å². The molecule has 0 saturated heterocycles. The molecular weight excluding hydrogens is 384 g/mol. The molecule has 1 N–H and O–H groups in total. The molecule has 0 radical (unpaired) electrons. The van der Waals surface area contributed by atoms with Crippen molar-refractivity contribution >= 4 is 28.6 Å². The van der Waals surface area contributed by atoms with E-state index in [1.54, 1.807) is 13.3 Å². The van der Waals surface area contributed by atoms with E-state index < -0.39 is 12.0 Å². The summed E-state index contributed by atoms with van der Waals surface area (Å²) in [6, 6.07) is 14.5. The number of carbonyl (C=O) groups excluding carboxylic acids is 1. The number of fused-ring (bicyclic) bond motifs is 1. The van der Waals surface area contributed by atoms with Gasteiger partial charge in [-0.1, -0.05) is 24.3 Å². The normalized spacial score (nSPS) is 15.8. The Hall–Kier alpha value is -3.81. The number of nitrogens with zero attached hydrogens (tertiary/aromatic N) is 4. The van der Waals surface area contributed by atoms with Crippen molar-refractivity contribution in [2.45, 2.75) is 25.3 Å². The lowest BCUT2D eigenvalue weighted by Gasteiger charge is -2.21. The van der Waals surface area contributed by atoms with Crippen LogP contribution in [0.1, 0.15) is 36.6 Å². The Bertz CT molecular complexity index is 1140. The largest absolute Gasteiger partial charge is 0.496 e. The van der Waals surface area contributed by atoms with Gasteiger partial charge in [0.25, 0.3) is 0 Å². The van der Waals surface area contributed by atoms with E-state index in [0.29, 0.717) is 23.6 Å². The van der Waals surface area contributed by atoms with Crippen molar-refractivity contribution in [3.8, 4) is 5.75 Å². The van der Waals surface area contributed by atoms with Gasteiger partial charge in [-0.3, -0.25) is 14.6 Å². The van der Waals surface area contributed by atoms with Crippen LogP contribution in [0.3, 0.4) is 0 Å². The van der Waals surface area contributed by atoms with Gasteiger partial charge in [0.15, 0.2) is 0 Å². The molecule has 30 heavy (non-hydrogen) atoms. The van der Waals surface area contributed by atoms with Crippen molar-refractivity contribution in [1.29, 1.82) is 0 Å². The maximum absolute atomic E-state index is 12.8. The Kier molecular flexibility index (Phi) is 5.38. The third-order valence-corrected chi connectivity index (χ3v) is 4.95. The number of aliphatic carboxylic acids is 1. The van der Waals surface area contributed by atoms with Gasteiger partial charge in [-0.05, 0) is 24.3 Å². The molecule has 8 heteroatoms. The summed E-state index contributed by atoms with van der Waals surface area (Å²) in [4.78, 5) is 32.9. The second kappa shape index (κ2) is 8.28. The molecule has 0 aliphatic carbocycles. The molecule has 0 fully saturated rings. The van der Waals surface area contributed by atoms with Gasteiger partial charge in [0.05, 0.1) is 42.2 Å². The van der Waals surface area contributed by atoms with Crippen LogP contribution in [0.15, 0.2) is 59.8 Å². The smallest absolute Gasteiger partial charge is 0.303 e. The number of hydrogen-bond acceptors (Lipinski definition) is 6. The topological polar surface area (TPSA) is 105 Å². The SMILES string of the molecule is COc1ccccc1C1=NN(C(=O)CCC(=O)O)[C@@H](c2cnc3ccccc3n2)C1. The molecule has 1 aliphatic rings. The average Bonchev–Trinajstić information content (AvgIpc) is 3.22. The van der Waals surface area contributed by atoms with E-state index in [9.17, 15) is 9.59 Å². The number of ether oxygens (including phenoxy) is 1. The van der Waals surface area contributed by atoms with Crippen LogP contribution in [-0.2, 0) is 9.59 Å². The van der Waals surface area contributed by atoms with E-state index in [4.69, 9.17) is 9.84 Å². The predicted octanol–water partition coefficient (Wildman–Crippen LogP) is 3.18. The minimum atomic E-state index is -1.03. The van der Waals surface area contributed by atoms with Crippen molar-refractivity contribution < 1.29 is 19.4 Å². The molecule has 4 rings (SSSR count). The Labute approximate surface area is 172 Å². The second-order valence-electron chi connectivity index (χ2n) is 6.88. The van der Waals surface area contributed by atoms with Gasteiger partial charge in [0.2, 0.25) is 5.91 Å². The zero-order valence-corrected chi connectivity index (χ0v) is 16.4. The molecule has 3 aromatic rings. The van der Waals surface area contributed by atoms with Crippen LogP contribution in [0.4, 0.5) is 0 Å². The van der Waals surface area contributed by atoms with Gasteiger partial charge in [-0.15, -0.1) is 0 Å². The summed E-state index contributed by atoms with van der Waals surface area (Å²) in [5.41, 5.74) is 3.54. The fourth-order valence-electron chi connectivity index (χ4n) is 3.48. The minimum absolute atomic E-state index is 0.143. The van der Waals surface area contributed by atoms with E-state index in [2.05, 4.69) is 15.1 Å². The lowest BCUT2D eigenvalue weighted by Crippen LogP contribution is -2.28. The standard InChI is InChI=1S/C22H20N4O4/c1-30-20-9-5-2-6-14(20)17-12-19(26(25-17)21(27)10-11-22(28)29)18-13-23-15-7-3-4-8-16(15)24-18/h2-9,13,19H,10-12H2,1H3,(H,28,29)/t19-/m1/s1. The highest BCUT2D eigenvalue weighted by Crippen LogP contribution is 2.35. The molecule has 8 nitrogen and oxygen atoms in total. The quantitative estimate of drug-likeness (QED) is 0.677. The third kappa shape index (κ3) is 3.84. The number of carboxylic acids is 1. The maximum Gasteiger partial charge on any atom is 0.303 e. The Morgan fingerprint density at radius 2 is 1.83 bits per heavy atom. The number of rotatable bonds is 6. The maximum atomic E-state index is 12.8. The first-order chi connectivity index (χ1) is 14.6. The van der Waals surface area contributed by atoms with E-state index in [0.717, 1.165) is 16.6 Å². The molecule has 0 saturated carbocycles. The molecule has 2 heterocycles. The average molecular weight is 404 g/mol. The van der Waals surface area contributed by atoms with Crippen LogP contribution in [0, 0.1) is 0 Å². The number of methoxy groups -OCH3 is 1. The zero-order chi connectivity index (χ0) is 21.1. The molecule has 0 bridgehead atoms.